The Morgan fingerprint density at radius 2 is 2.36 bits per heavy atom. The lowest BCUT2D eigenvalue weighted by atomic mass is 10.3. The minimum absolute atomic E-state index is 0.0108. The first-order valence-corrected chi connectivity index (χ1v) is 6.28. The number of carbonyl (C=O) groups is 1. The lowest BCUT2D eigenvalue weighted by Crippen LogP contribution is -2.10. The summed E-state index contributed by atoms with van der Waals surface area (Å²) in [4.78, 5) is 15.4. The van der Waals surface area contributed by atoms with Crippen LogP contribution in [0.5, 0.6) is 0 Å². The molecule has 4 nitrogen and oxygen atoms in total. The first-order valence-electron chi connectivity index (χ1n) is 4.52. The summed E-state index contributed by atoms with van der Waals surface area (Å²) in [5.74, 6) is 0.954. The van der Waals surface area contributed by atoms with Crippen LogP contribution in [-0.4, -0.2) is 21.0 Å². The summed E-state index contributed by atoms with van der Waals surface area (Å²) in [7, 11) is 0. The van der Waals surface area contributed by atoms with E-state index >= 15 is 0 Å². The Kier molecular flexibility index (Phi) is 4.89. The highest BCUT2D eigenvalue weighted by Gasteiger charge is 2.06. The van der Waals surface area contributed by atoms with Gasteiger partial charge in [-0.15, -0.1) is 0 Å². The molecule has 0 fully saturated rings. The van der Waals surface area contributed by atoms with Crippen molar-refractivity contribution in [3.63, 3.8) is 0 Å². The summed E-state index contributed by atoms with van der Waals surface area (Å²) in [5.41, 5.74) is 0. The van der Waals surface area contributed by atoms with Crippen molar-refractivity contribution < 1.29 is 4.79 Å². The van der Waals surface area contributed by atoms with E-state index in [9.17, 15) is 4.79 Å². The van der Waals surface area contributed by atoms with Gasteiger partial charge in [0.05, 0.1) is 0 Å². The molecule has 0 atom stereocenters. The first kappa shape index (κ1) is 11.5. The van der Waals surface area contributed by atoms with E-state index in [0.29, 0.717) is 11.6 Å². The molecule has 0 aromatic carbocycles. The second-order valence-corrected chi connectivity index (χ2v) is 4.60. The number of rotatable bonds is 5. The van der Waals surface area contributed by atoms with Gasteiger partial charge in [0.25, 0.3) is 0 Å². The Morgan fingerprint density at radius 1 is 1.57 bits per heavy atom. The Bertz CT molecular complexity index is 301. The van der Waals surface area contributed by atoms with Gasteiger partial charge in [0.15, 0.2) is 0 Å². The normalized spacial score (nSPS) is 10.1. The maximum Gasteiger partial charge on any atom is 0.226 e. The minimum Gasteiger partial charge on any atom is -0.301 e. The third-order valence-electron chi connectivity index (χ3n) is 1.40. The van der Waals surface area contributed by atoms with Crippen molar-refractivity contribution in [1.82, 2.24) is 9.36 Å². The van der Waals surface area contributed by atoms with E-state index in [0.717, 1.165) is 17.3 Å². The maximum absolute atomic E-state index is 11.2. The van der Waals surface area contributed by atoms with Crippen molar-refractivity contribution in [2.45, 2.75) is 31.8 Å². The zero-order chi connectivity index (χ0) is 10.4. The van der Waals surface area contributed by atoms with Crippen molar-refractivity contribution in [2.75, 3.05) is 11.1 Å². The Morgan fingerprint density at radius 3 is 3.00 bits per heavy atom. The molecular weight excluding hydrogens is 218 g/mol. The van der Waals surface area contributed by atoms with Crippen LogP contribution in [0.3, 0.4) is 0 Å². The topological polar surface area (TPSA) is 54.9 Å². The molecule has 0 saturated carbocycles. The van der Waals surface area contributed by atoms with Gasteiger partial charge in [-0.05, 0) is 12.2 Å². The average molecular weight is 231 g/mol. The maximum atomic E-state index is 11.2. The zero-order valence-electron chi connectivity index (χ0n) is 8.24. The molecule has 0 unspecified atom stereocenters. The van der Waals surface area contributed by atoms with Gasteiger partial charge in [-0.1, -0.05) is 25.6 Å². The zero-order valence-corrected chi connectivity index (χ0v) is 9.87. The van der Waals surface area contributed by atoms with E-state index in [1.54, 1.807) is 11.8 Å². The third-order valence-corrected chi connectivity index (χ3v) is 2.88. The number of hydrogen-bond acceptors (Lipinski definition) is 5. The summed E-state index contributed by atoms with van der Waals surface area (Å²) in [6.45, 7) is 4.01. The molecule has 1 N–H and O–H groups in total. The highest BCUT2D eigenvalue weighted by molar-refractivity contribution is 7.99. The van der Waals surface area contributed by atoms with E-state index in [1.807, 2.05) is 13.8 Å². The monoisotopic (exact) mass is 231 g/mol. The third kappa shape index (κ3) is 3.63. The van der Waals surface area contributed by atoms with Crippen LogP contribution in [0.15, 0.2) is 5.16 Å². The number of nitrogens with zero attached hydrogens (tertiary/aromatic N) is 2. The predicted octanol–water partition coefficient (Wildman–Crippen LogP) is 2.39. The van der Waals surface area contributed by atoms with E-state index in [-0.39, 0.29) is 5.91 Å². The van der Waals surface area contributed by atoms with E-state index in [1.165, 1.54) is 11.5 Å². The molecule has 0 aliphatic heterocycles. The molecule has 0 bridgehead atoms. The number of amides is 1. The number of anilines is 1. The molecule has 0 saturated heterocycles. The molecule has 0 spiro atoms. The molecule has 1 rings (SSSR count). The largest absolute Gasteiger partial charge is 0.301 e. The number of aromatic nitrogens is 2. The highest BCUT2D eigenvalue weighted by Crippen LogP contribution is 2.19. The fourth-order valence-electron chi connectivity index (χ4n) is 0.857. The summed E-state index contributed by atoms with van der Waals surface area (Å²) in [5, 5.41) is 4.05. The van der Waals surface area contributed by atoms with Crippen LogP contribution in [0.25, 0.3) is 0 Å². The van der Waals surface area contributed by atoms with E-state index in [2.05, 4.69) is 14.7 Å². The van der Waals surface area contributed by atoms with Gasteiger partial charge in [-0.25, -0.2) is 0 Å². The van der Waals surface area contributed by atoms with Crippen molar-refractivity contribution >= 4 is 34.3 Å². The summed E-state index contributed by atoms with van der Waals surface area (Å²) < 4.78 is 4.10. The van der Waals surface area contributed by atoms with Crippen LogP contribution in [-0.2, 0) is 4.79 Å². The number of nitrogens with one attached hydrogen (secondary N) is 1. The standard InChI is InChI=1S/C8H13N3OS2/c1-3-5-6(12)9-7-10-8(11-14-7)13-4-2/h3-5H2,1-2H3,(H,9,10,11,12). The Hall–Kier alpha value is -0.620. The molecule has 1 aromatic rings. The molecule has 1 heterocycles. The highest BCUT2D eigenvalue weighted by atomic mass is 32.2. The molecular formula is C8H13N3OS2. The molecule has 0 aliphatic rings. The van der Waals surface area contributed by atoms with Gasteiger partial charge in [0, 0.05) is 18.0 Å². The van der Waals surface area contributed by atoms with Gasteiger partial charge in [-0.3, -0.25) is 4.79 Å². The second kappa shape index (κ2) is 5.98. The van der Waals surface area contributed by atoms with Crippen LogP contribution in [0.4, 0.5) is 5.13 Å². The molecule has 0 radical (unpaired) electrons. The van der Waals surface area contributed by atoms with E-state index < -0.39 is 0 Å². The Labute approximate surface area is 91.7 Å². The Balaban J connectivity index is 2.46. The van der Waals surface area contributed by atoms with Gasteiger partial charge in [0.1, 0.15) is 0 Å². The number of thioether (sulfide) groups is 1. The lowest BCUT2D eigenvalue weighted by molar-refractivity contribution is -0.116. The number of hydrogen-bond donors (Lipinski definition) is 1. The quantitative estimate of drug-likeness (QED) is 0.791. The van der Waals surface area contributed by atoms with Crippen molar-refractivity contribution in [3.8, 4) is 0 Å². The molecule has 1 aromatic heterocycles. The van der Waals surface area contributed by atoms with Crippen LogP contribution in [0.1, 0.15) is 26.7 Å². The summed E-state index contributed by atoms with van der Waals surface area (Å²) >= 11 is 2.80. The second-order valence-electron chi connectivity index (χ2n) is 2.61. The fourth-order valence-corrected chi connectivity index (χ4v) is 2.14. The van der Waals surface area contributed by atoms with Crippen molar-refractivity contribution in [2.24, 2.45) is 0 Å². The van der Waals surface area contributed by atoms with Crippen molar-refractivity contribution in [3.05, 3.63) is 0 Å². The molecule has 14 heavy (non-hydrogen) atoms. The molecule has 78 valence electrons. The van der Waals surface area contributed by atoms with Gasteiger partial charge < -0.3 is 5.32 Å². The van der Waals surface area contributed by atoms with Gasteiger partial charge >= 0.3 is 0 Å². The molecule has 1 amide bonds. The van der Waals surface area contributed by atoms with Crippen LogP contribution in [0.2, 0.25) is 0 Å². The minimum atomic E-state index is 0.0108. The van der Waals surface area contributed by atoms with Crippen LogP contribution < -0.4 is 5.32 Å². The number of carbonyl (C=O) groups excluding carboxylic acids is 1. The summed E-state index contributed by atoms with van der Waals surface area (Å²) in [6.07, 6.45) is 1.39. The average Bonchev–Trinajstić information content (AvgIpc) is 2.53. The summed E-state index contributed by atoms with van der Waals surface area (Å²) in [6, 6.07) is 0. The fraction of sp³-hybridized carbons (Fsp3) is 0.625. The van der Waals surface area contributed by atoms with Crippen LogP contribution in [0, 0.1) is 0 Å². The molecule has 0 aliphatic carbocycles. The predicted molar refractivity (Wildman–Crippen MR) is 59.8 cm³/mol. The van der Waals surface area contributed by atoms with Gasteiger partial charge in [-0.2, -0.15) is 9.36 Å². The van der Waals surface area contributed by atoms with E-state index in [4.69, 9.17) is 0 Å². The SMILES string of the molecule is CCCC(=O)Nc1nc(SCC)ns1. The van der Waals surface area contributed by atoms with Crippen LogP contribution >= 0.6 is 23.3 Å². The van der Waals surface area contributed by atoms with Crippen molar-refractivity contribution in [1.29, 1.82) is 0 Å². The lowest BCUT2D eigenvalue weighted by Gasteiger charge is -1.96. The molecule has 6 heteroatoms. The smallest absolute Gasteiger partial charge is 0.226 e. The first-order chi connectivity index (χ1) is 6.76. The van der Waals surface area contributed by atoms with Gasteiger partial charge in [0.2, 0.25) is 16.2 Å².